The lowest BCUT2D eigenvalue weighted by atomic mass is 10.0. The van der Waals surface area contributed by atoms with Crippen molar-refractivity contribution < 1.29 is 8.81 Å². The Bertz CT molecular complexity index is 1070. The van der Waals surface area contributed by atoms with Gasteiger partial charge in [0.1, 0.15) is 17.0 Å². The molecule has 2 heterocycles. The highest BCUT2D eigenvalue weighted by atomic mass is 35.5. The molecular formula is C18H14ClFN4O. The molecule has 0 saturated heterocycles. The molecule has 0 aliphatic carbocycles. The van der Waals surface area contributed by atoms with Crippen molar-refractivity contribution in [1.82, 2.24) is 20.0 Å². The van der Waals surface area contributed by atoms with Crippen LogP contribution in [0.2, 0.25) is 5.02 Å². The standard InChI is InChI=1S/C18H14ClFN4O/c1-10(2)24-16-7-11(3-6-15(16)22-23-24)18-17(21-9-25-18)13-5-4-12(20)8-14(13)19/h3-10H,1-2H3. The molecule has 0 radical (unpaired) electrons. The quantitative estimate of drug-likeness (QED) is 0.510. The summed E-state index contributed by atoms with van der Waals surface area (Å²) in [6, 6.07) is 10.1. The molecule has 0 fully saturated rings. The summed E-state index contributed by atoms with van der Waals surface area (Å²) in [5.41, 5.74) is 3.71. The Balaban J connectivity index is 1.87. The van der Waals surface area contributed by atoms with Crippen molar-refractivity contribution in [2.45, 2.75) is 19.9 Å². The Hall–Kier alpha value is -2.73. The predicted octanol–water partition coefficient (Wildman–Crippen LogP) is 5.13. The molecule has 5 nitrogen and oxygen atoms in total. The van der Waals surface area contributed by atoms with Crippen LogP contribution >= 0.6 is 11.6 Å². The van der Waals surface area contributed by atoms with Crippen LogP contribution < -0.4 is 0 Å². The second kappa shape index (κ2) is 5.97. The van der Waals surface area contributed by atoms with Crippen LogP contribution in [0.1, 0.15) is 19.9 Å². The average molecular weight is 357 g/mol. The van der Waals surface area contributed by atoms with Gasteiger partial charge < -0.3 is 4.42 Å². The van der Waals surface area contributed by atoms with E-state index >= 15 is 0 Å². The minimum Gasteiger partial charge on any atom is -0.443 e. The fraction of sp³-hybridized carbons (Fsp3) is 0.167. The highest BCUT2D eigenvalue weighted by Crippen LogP contribution is 2.36. The van der Waals surface area contributed by atoms with Gasteiger partial charge in [-0.3, -0.25) is 0 Å². The molecule has 0 unspecified atom stereocenters. The largest absolute Gasteiger partial charge is 0.443 e. The number of halogens is 2. The number of benzene rings is 2. The van der Waals surface area contributed by atoms with Crippen molar-refractivity contribution in [2.75, 3.05) is 0 Å². The van der Waals surface area contributed by atoms with Gasteiger partial charge in [0, 0.05) is 17.2 Å². The number of rotatable bonds is 3. The van der Waals surface area contributed by atoms with Crippen molar-refractivity contribution in [2.24, 2.45) is 0 Å². The summed E-state index contributed by atoms with van der Waals surface area (Å²) < 4.78 is 20.8. The first-order valence-electron chi connectivity index (χ1n) is 7.79. The summed E-state index contributed by atoms with van der Waals surface area (Å²) in [5.74, 6) is 0.166. The average Bonchev–Trinajstić information content (AvgIpc) is 3.20. The lowest BCUT2D eigenvalue weighted by Crippen LogP contribution is -2.02. The van der Waals surface area contributed by atoms with Gasteiger partial charge in [-0.15, -0.1) is 5.10 Å². The van der Waals surface area contributed by atoms with Gasteiger partial charge in [-0.05, 0) is 50.2 Å². The first-order chi connectivity index (χ1) is 12.0. The maximum Gasteiger partial charge on any atom is 0.182 e. The Morgan fingerprint density at radius 3 is 2.76 bits per heavy atom. The monoisotopic (exact) mass is 356 g/mol. The summed E-state index contributed by atoms with van der Waals surface area (Å²) in [4.78, 5) is 4.27. The second-order valence-electron chi connectivity index (χ2n) is 5.99. The normalized spacial score (nSPS) is 11.6. The SMILES string of the molecule is CC(C)n1nnc2ccc(-c3ocnc3-c3ccc(F)cc3Cl)cc21. The molecule has 7 heteroatoms. The van der Waals surface area contributed by atoms with Crippen LogP contribution in [0.25, 0.3) is 33.6 Å². The molecule has 0 amide bonds. The fourth-order valence-corrected chi connectivity index (χ4v) is 3.04. The maximum absolute atomic E-state index is 13.3. The van der Waals surface area contributed by atoms with E-state index in [0.717, 1.165) is 16.6 Å². The first kappa shape index (κ1) is 15.8. The molecule has 4 rings (SSSR count). The smallest absolute Gasteiger partial charge is 0.182 e. The van der Waals surface area contributed by atoms with E-state index in [0.29, 0.717) is 17.0 Å². The van der Waals surface area contributed by atoms with E-state index < -0.39 is 5.82 Å². The zero-order valence-corrected chi connectivity index (χ0v) is 14.3. The van der Waals surface area contributed by atoms with Crippen LogP contribution in [-0.4, -0.2) is 20.0 Å². The third-order valence-electron chi connectivity index (χ3n) is 3.98. The third kappa shape index (κ3) is 2.68. The van der Waals surface area contributed by atoms with Gasteiger partial charge in [0.05, 0.1) is 10.5 Å². The van der Waals surface area contributed by atoms with Gasteiger partial charge >= 0.3 is 0 Å². The van der Waals surface area contributed by atoms with Gasteiger partial charge in [0.2, 0.25) is 0 Å². The summed E-state index contributed by atoms with van der Waals surface area (Å²) in [6.45, 7) is 4.08. The summed E-state index contributed by atoms with van der Waals surface area (Å²) >= 11 is 6.18. The van der Waals surface area contributed by atoms with Crippen LogP contribution in [0.3, 0.4) is 0 Å². The molecular weight excluding hydrogens is 343 g/mol. The molecule has 0 spiro atoms. The Morgan fingerprint density at radius 1 is 1.16 bits per heavy atom. The second-order valence-corrected chi connectivity index (χ2v) is 6.39. The van der Waals surface area contributed by atoms with E-state index in [-0.39, 0.29) is 11.1 Å². The molecule has 126 valence electrons. The van der Waals surface area contributed by atoms with E-state index in [1.54, 1.807) is 6.07 Å². The van der Waals surface area contributed by atoms with Crippen LogP contribution in [0, 0.1) is 5.82 Å². The Kier molecular flexibility index (Phi) is 3.77. The van der Waals surface area contributed by atoms with Crippen LogP contribution in [0.4, 0.5) is 4.39 Å². The predicted molar refractivity (Wildman–Crippen MR) is 93.8 cm³/mol. The van der Waals surface area contributed by atoms with Crippen molar-refractivity contribution in [1.29, 1.82) is 0 Å². The number of nitrogens with zero attached hydrogens (tertiary/aromatic N) is 4. The molecule has 0 aliphatic heterocycles. The molecule has 0 N–H and O–H groups in total. The molecule has 4 aromatic rings. The fourth-order valence-electron chi connectivity index (χ4n) is 2.78. The van der Waals surface area contributed by atoms with Crippen molar-refractivity contribution in [3.8, 4) is 22.6 Å². The van der Waals surface area contributed by atoms with Gasteiger partial charge in [0.15, 0.2) is 12.2 Å². The zero-order valence-electron chi connectivity index (χ0n) is 13.6. The van der Waals surface area contributed by atoms with E-state index in [1.165, 1.54) is 18.5 Å². The molecule has 0 aliphatic rings. The van der Waals surface area contributed by atoms with Gasteiger partial charge in [0.25, 0.3) is 0 Å². The highest BCUT2D eigenvalue weighted by molar-refractivity contribution is 6.33. The van der Waals surface area contributed by atoms with Crippen LogP contribution in [-0.2, 0) is 0 Å². The number of hydrogen-bond donors (Lipinski definition) is 0. The molecule has 25 heavy (non-hydrogen) atoms. The molecule has 0 atom stereocenters. The number of oxazole rings is 1. The summed E-state index contributed by atoms with van der Waals surface area (Å²) in [5, 5.41) is 8.63. The van der Waals surface area contributed by atoms with Crippen LogP contribution in [0.15, 0.2) is 47.2 Å². The Morgan fingerprint density at radius 2 is 2.00 bits per heavy atom. The molecule has 2 aromatic carbocycles. The number of aromatic nitrogens is 4. The van der Waals surface area contributed by atoms with E-state index in [9.17, 15) is 4.39 Å². The highest BCUT2D eigenvalue weighted by Gasteiger charge is 2.18. The minimum absolute atomic E-state index is 0.181. The third-order valence-corrected chi connectivity index (χ3v) is 4.29. The molecule has 0 bridgehead atoms. The van der Waals surface area contributed by atoms with Crippen molar-refractivity contribution in [3.05, 3.63) is 53.6 Å². The molecule has 2 aromatic heterocycles. The first-order valence-corrected chi connectivity index (χ1v) is 8.16. The summed E-state index contributed by atoms with van der Waals surface area (Å²) in [7, 11) is 0. The lowest BCUT2D eigenvalue weighted by molar-refractivity contribution is 0.530. The van der Waals surface area contributed by atoms with Gasteiger partial charge in [-0.25, -0.2) is 14.1 Å². The van der Waals surface area contributed by atoms with Gasteiger partial charge in [-0.1, -0.05) is 16.8 Å². The maximum atomic E-state index is 13.3. The van der Waals surface area contributed by atoms with Crippen LogP contribution in [0.5, 0.6) is 0 Å². The van der Waals surface area contributed by atoms with Crippen molar-refractivity contribution >= 4 is 22.6 Å². The number of hydrogen-bond acceptors (Lipinski definition) is 4. The van der Waals surface area contributed by atoms with Gasteiger partial charge in [-0.2, -0.15) is 0 Å². The number of fused-ring (bicyclic) bond motifs is 1. The minimum atomic E-state index is -0.396. The topological polar surface area (TPSA) is 56.7 Å². The van der Waals surface area contributed by atoms with E-state index in [4.69, 9.17) is 16.0 Å². The summed E-state index contributed by atoms with van der Waals surface area (Å²) in [6.07, 6.45) is 1.35. The Labute approximate surface area is 148 Å². The lowest BCUT2D eigenvalue weighted by Gasteiger charge is -2.07. The zero-order chi connectivity index (χ0) is 17.6. The molecule has 0 saturated carbocycles. The van der Waals surface area contributed by atoms with E-state index in [1.807, 2.05) is 36.7 Å². The van der Waals surface area contributed by atoms with E-state index in [2.05, 4.69) is 15.3 Å². The van der Waals surface area contributed by atoms with Crippen molar-refractivity contribution in [3.63, 3.8) is 0 Å².